The van der Waals surface area contributed by atoms with Crippen molar-refractivity contribution in [3.8, 4) is 10.6 Å². The first kappa shape index (κ1) is 17.9. The van der Waals surface area contributed by atoms with Gasteiger partial charge in [0.15, 0.2) is 0 Å². The first-order valence-corrected chi connectivity index (χ1v) is 7.69. The fourth-order valence-electron chi connectivity index (χ4n) is 1.84. The number of carboxylic acid groups (broad SMARTS) is 1. The standard InChI is InChI=1S/C15H13F3N2O3S/c1-8(14(22)23)19-12(21)6-11-7-24-13(20-11)9-2-4-10(5-3-9)15(16,17)18/h2-5,7-8H,6H2,1H3,(H,19,21)(H,22,23)/t8-/m1/s1. The molecule has 0 bridgehead atoms. The van der Waals surface area contributed by atoms with Crippen LogP contribution in [-0.2, 0) is 22.2 Å². The highest BCUT2D eigenvalue weighted by Gasteiger charge is 2.30. The zero-order chi connectivity index (χ0) is 17.9. The van der Waals surface area contributed by atoms with Gasteiger partial charge in [-0.1, -0.05) is 12.1 Å². The average molecular weight is 358 g/mol. The Morgan fingerprint density at radius 1 is 1.29 bits per heavy atom. The van der Waals surface area contributed by atoms with E-state index in [2.05, 4.69) is 10.3 Å². The second kappa shape index (κ2) is 7.00. The van der Waals surface area contributed by atoms with E-state index >= 15 is 0 Å². The highest BCUT2D eigenvalue weighted by atomic mass is 32.1. The fourth-order valence-corrected chi connectivity index (χ4v) is 2.67. The predicted molar refractivity (Wildman–Crippen MR) is 81.5 cm³/mol. The normalized spacial score (nSPS) is 12.7. The maximum absolute atomic E-state index is 12.5. The Balaban J connectivity index is 2.05. The minimum atomic E-state index is -4.40. The number of nitrogens with zero attached hydrogens (tertiary/aromatic N) is 1. The van der Waals surface area contributed by atoms with Crippen molar-refractivity contribution in [1.82, 2.24) is 10.3 Å². The van der Waals surface area contributed by atoms with Gasteiger partial charge in [0, 0.05) is 10.9 Å². The number of aliphatic carboxylic acids is 1. The van der Waals surface area contributed by atoms with E-state index in [1.807, 2.05) is 0 Å². The van der Waals surface area contributed by atoms with Gasteiger partial charge in [0.2, 0.25) is 5.91 Å². The molecule has 1 aromatic heterocycles. The molecule has 5 nitrogen and oxygen atoms in total. The molecule has 1 heterocycles. The van der Waals surface area contributed by atoms with Crippen LogP contribution in [0.1, 0.15) is 18.2 Å². The summed E-state index contributed by atoms with van der Waals surface area (Å²) in [6.07, 6.45) is -4.50. The van der Waals surface area contributed by atoms with Crippen molar-refractivity contribution in [2.24, 2.45) is 0 Å². The lowest BCUT2D eigenvalue weighted by molar-refractivity contribution is -0.141. The van der Waals surface area contributed by atoms with Crippen LogP contribution in [0.4, 0.5) is 13.2 Å². The van der Waals surface area contributed by atoms with Gasteiger partial charge in [-0.15, -0.1) is 11.3 Å². The number of thiazole rings is 1. The maximum Gasteiger partial charge on any atom is 0.416 e. The highest BCUT2D eigenvalue weighted by Crippen LogP contribution is 2.31. The molecule has 128 valence electrons. The van der Waals surface area contributed by atoms with Crippen molar-refractivity contribution in [2.45, 2.75) is 25.6 Å². The molecule has 1 atom stereocenters. The number of carbonyl (C=O) groups excluding carboxylic acids is 1. The molecular weight excluding hydrogens is 345 g/mol. The van der Waals surface area contributed by atoms with Crippen molar-refractivity contribution < 1.29 is 27.9 Å². The zero-order valence-electron chi connectivity index (χ0n) is 12.4. The van der Waals surface area contributed by atoms with Crippen LogP contribution in [0.25, 0.3) is 10.6 Å². The van der Waals surface area contributed by atoms with E-state index in [-0.39, 0.29) is 6.42 Å². The number of benzene rings is 1. The van der Waals surface area contributed by atoms with Crippen molar-refractivity contribution in [3.63, 3.8) is 0 Å². The van der Waals surface area contributed by atoms with Crippen molar-refractivity contribution in [2.75, 3.05) is 0 Å². The molecule has 1 aromatic carbocycles. The number of carboxylic acids is 1. The van der Waals surface area contributed by atoms with Crippen LogP contribution < -0.4 is 5.32 Å². The van der Waals surface area contributed by atoms with Gasteiger partial charge >= 0.3 is 12.1 Å². The van der Waals surface area contributed by atoms with Gasteiger partial charge in [-0.2, -0.15) is 13.2 Å². The molecule has 2 N–H and O–H groups in total. The van der Waals surface area contributed by atoms with Crippen molar-refractivity contribution >= 4 is 23.2 Å². The Morgan fingerprint density at radius 2 is 1.92 bits per heavy atom. The quantitative estimate of drug-likeness (QED) is 0.861. The Bertz CT molecular complexity index is 741. The summed E-state index contributed by atoms with van der Waals surface area (Å²) in [4.78, 5) is 26.6. The minimum Gasteiger partial charge on any atom is -0.480 e. The van der Waals surface area contributed by atoms with Crippen LogP contribution in [0.3, 0.4) is 0 Å². The molecule has 9 heteroatoms. The molecule has 2 aromatic rings. The van der Waals surface area contributed by atoms with E-state index in [1.165, 1.54) is 30.4 Å². The first-order chi connectivity index (χ1) is 11.2. The smallest absolute Gasteiger partial charge is 0.416 e. The molecule has 0 aliphatic carbocycles. The van der Waals surface area contributed by atoms with Gasteiger partial charge in [-0.25, -0.2) is 4.98 Å². The molecular formula is C15H13F3N2O3S. The number of hydrogen-bond acceptors (Lipinski definition) is 4. The highest BCUT2D eigenvalue weighted by molar-refractivity contribution is 7.13. The topological polar surface area (TPSA) is 79.3 Å². The fraction of sp³-hybridized carbons (Fsp3) is 0.267. The lowest BCUT2D eigenvalue weighted by atomic mass is 10.1. The van der Waals surface area contributed by atoms with E-state index in [0.717, 1.165) is 12.1 Å². The lowest BCUT2D eigenvalue weighted by Crippen LogP contribution is -2.39. The van der Waals surface area contributed by atoms with Crippen molar-refractivity contribution in [3.05, 3.63) is 40.9 Å². The SMILES string of the molecule is C[C@@H](NC(=O)Cc1csc(-c2ccc(C(F)(F)F)cc2)n1)C(=O)O. The Labute approximate surface area is 139 Å². The molecule has 0 aliphatic rings. The number of rotatable bonds is 5. The third kappa shape index (κ3) is 4.54. The summed E-state index contributed by atoms with van der Waals surface area (Å²) in [5.74, 6) is -1.64. The molecule has 0 aliphatic heterocycles. The number of alkyl halides is 3. The predicted octanol–water partition coefficient (Wildman–Crippen LogP) is 2.96. The lowest BCUT2D eigenvalue weighted by Gasteiger charge is -2.08. The van der Waals surface area contributed by atoms with E-state index in [9.17, 15) is 22.8 Å². The largest absolute Gasteiger partial charge is 0.480 e. The Kier molecular flexibility index (Phi) is 5.23. The van der Waals surface area contributed by atoms with Crippen LogP contribution in [0.15, 0.2) is 29.6 Å². The molecule has 0 spiro atoms. The first-order valence-electron chi connectivity index (χ1n) is 6.81. The molecule has 24 heavy (non-hydrogen) atoms. The van der Waals surface area contributed by atoms with Gasteiger partial charge in [0.05, 0.1) is 17.7 Å². The third-order valence-corrected chi connectivity index (χ3v) is 4.04. The van der Waals surface area contributed by atoms with E-state index < -0.39 is 29.7 Å². The summed E-state index contributed by atoms with van der Waals surface area (Å²) < 4.78 is 37.6. The second-order valence-electron chi connectivity index (χ2n) is 5.02. The van der Waals surface area contributed by atoms with Gasteiger partial charge in [-0.3, -0.25) is 9.59 Å². The second-order valence-corrected chi connectivity index (χ2v) is 5.88. The molecule has 0 saturated carbocycles. The molecule has 0 unspecified atom stereocenters. The van der Waals surface area contributed by atoms with Gasteiger partial charge in [0.25, 0.3) is 0 Å². The molecule has 0 fully saturated rings. The molecule has 1 amide bonds. The molecule has 2 rings (SSSR count). The van der Waals surface area contributed by atoms with Gasteiger partial charge in [0.1, 0.15) is 11.0 Å². The van der Waals surface area contributed by atoms with E-state index in [4.69, 9.17) is 5.11 Å². The summed E-state index contributed by atoms with van der Waals surface area (Å²) in [7, 11) is 0. The summed E-state index contributed by atoms with van der Waals surface area (Å²) in [5, 5.41) is 13.1. The monoisotopic (exact) mass is 358 g/mol. The minimum absolute atomic E-state index is 0.102. The van der Waals surface area contributed by atoms with Crippen LogP contribution in [0.5, 0.6) is 0 Å². The summed E-state index contributed by atoms with van der Waals surface area (Å²) in [6.45, 7) is 1.34. The molecule has 0 saturated heterocycles. The number of aromatic nitrogens is 1. The maximum atomic E-state index is 12.5. The van der Waals surface area contributed by atoms with E-state index in [1.54, 1.807) is 5.38 Å². The number of nitrogens with one attached hydrogen (secondary N) is 1. The summed E-state index contributed by atoms with van der Waals surface area (Å²) in [6, 6.07) is 3.57. The number of halogens is 3. The van der Waals surface area contributed by atoms with Crippen LogP contribution in [0.2, 0.25) is 0 Å². The average Bonchev–Trinajstić information content (AvgIpc) is 2.94. The Hall–Kier alpha value is -2.42. The number of carbonyl (C=O) groups is 2. The van der Waals surface area contributed by atoms with Gasteiger partial charge in [-0.05, 0) is 19.1 Å². The zero-order valence-corrected chi connectivity index (χ0v) is 13.2. The van der Waals surface area contributed by atoms with Crippen LogP contribution in [-0.4, -0.2) is 28.0 Å². The van der Waals surface area contributed by atoms with Gasteiger partial charge < -0.3 is 10.4 Å². The van der Waals surface area contributed by atoms with E-state index in [0.29, 0.717) is 16.3 Å². The van der Waals surface area contributed by atoms with Crippen molar-refractivity contribution in [1.29, 1.82) is 0 Å². The molecule has 0 radical (unpaired) electrons. The van der Waals surface area contributed by atoms with Crippen LogP contribution in [0, 0.1) is 0 Å². The third-order valence-electron chi connectivity index (χ3n) is 3.10. The summed E-state index contributed by atoms with van der Waals surface area (Å²) >= 11 is 1.19. The van der Waals surface area contributed by atoms with Crippen LogP contribution >= 0.6 is 11.3 Å². The number of amides is 1. The number of hydrogen-bond donors (Lipinski definition) is 2. The summed E-state index contributed by atoms with van der Waals surface area (Å²) in [5.41, 5.74) is 0.189. The Morgan fingerprint density at radius 3 is 2.46 bits per heavy atom.